The van der Waals surface area contributed by atoms with Gasteiger partial charge in [0.25, 0.3) is 0 Å². The molecule has 1 aliphatic heterocycles. The topological polar surface area (TPSA) is 21.3 Å². The van der Waals surface area contributed by atoms with Gasteiger partial charge in [0.1, 0.15) is 0 Å². The van der Waals surface area contributed by atoms with E-state index < -0.39 is 0 Å². The van der Waals surface area contributed by atoms with Gasteiger partial charge in [-0.15, -0.1) is 11.3 Å². The summed E-state index contributed by atoms with van der Waals surface area (Å²) in [6.07, 6.45) is 2.20. The third kappa shape index (κ3) is 3.36. The molecule has 0 saturated carbocycles. The van der Waals surface area contributed by atoms with Crippen molar-refractivity contribution in [2.45, 2.75) is 25.8 Å². The maximum Gasteiger partial charge on any atom is 0.0992 e. The number of halogens is 2. The van der Waals surface area contributed by atoms with Crippen molar-refractivity contribution in [1.82, 2.24) is 5.32 Å². The molecule has 17 heavy (non-hydrogen) atoms. The largest absolute Gasteiger partial charge is 0.381 e. The Balaban J connectivity index is 2.16. The van der Waals surface area contributed by atoms with Crippen LogP contribution in [0.15, 0.2) is 6.07 Å². The molecule has 0 aliphatic carbocycles. The quantitative estimate of drug-likeness (QED) is 0.881. The molecule has 0 aromatic carbocycles. The zero-order valence-corrected chi connectivity index (χ0v) is 12.2. The number of hydrogen-bond donors (Lipinski definition) is 1. The van der Waals surface area contributed by atoms with Gasteiger partial charge in [0.15, 0.2) is 0 Å². The van der Waals surface area contributed by atoms with Crippen LogP contribution in [-0.2, 0) is 4.74 Å². The fraction of sp³-hybridized carbons (Fsp3) is 0.667. The lowest BCUT2D eigenvalue weighted by Crippen LogP contribution is -2.29. The summed E-state index contributed by atoms with van der Waals surface area (Å²) in [6.45, 7) is 4.82. The maximum absolute atomic E-state index is 6.25. The molecule has 1 fully saturated rings. The average Bonchev–Trinajstić information content (AvgIpc) is 2.90. The minimum Gasteiger partial charge on any atom is -0.381 e. The van der Waals surface area contributed by atoms with E-state index >= 15 is 0 Å². The number of ether oxygens (including phenoxy) is 1. The Morgan fingerprint density at radius 2 is 2.41 bits per heavy atom. The molecule has 2 heterocycles. The van der Waals surface area contributed by atoms with Gasteiger partial charge >= 0.3 is 0 Å². The number of nitrogens with one attached hydrogen (secondary N) is 1. The van der Waals surface area contributed by atoms with Gasteiger partial charge in [-0.2, -0.15) is 0 Å². The summed E-state index contributed by atoms with van der Waals surface area (Å²) in [5.74, 6) is 0.504. The molecule has 2 unspecified atom stereocenters. The van der Waals surface area contributed by atoms with Crippen molar-refractivity contribution in [2.24, 2.45) is 5.92 Å². The van der Waals surface area contributed by atoms with E-state index in [1.54, 1.807) is 0 Å². The average molecular weight is 294 g/mol. The molecule has 1 saturated heterocycles. The summed E-state index contributed by atoms with van der Waals surface area (Å²) in [6, 6.07) is 2.26. The zero-order valence-electron chi connectivity index (χ0n) is 9.84. The summed E-state index contributed by atoms with van der Waals surface area (Å²) in [5.41, 5.74) is 1.13. The van der Waals surface area contributed by atoms with Gasteiger partial charge in [-0.25, -0.2) is 0 Å². The second kappa shape index (κ2) is 6.39. The molecule has 2 rings (SSSR count). The molecule has 0 radical (unpaired) electrons. The standard InChI is InChI=1S/C12H17Cl2NOS/c1-2-4-15-11(8-3-5-16-7-8)9-6-10(13)17-12(9)14/h6,8,11,15H,2-5,7H2,1H3. The van der Waals surface area contributed by atoms with Crippen LogP contribution in [0.1, 0.15) is 31.4 Å². The Hall–Kier alpha value is 0.200. The minimum absolute atomic E-state index is 0.272. The van der Waals surface area contributed by atoms with Crippen LogP contribution in [0.2, 0.25) is 8.67 Å². The summed E-state index contributed by atoms with van der Waals surface area (Å²) < 4.78 is 7.03. The van der Waals surface area contributed by atoms with E-state index in [1.165, 1.54) is 11.3 Å². The number of thiophene rings is 1. The van der Waals surface area contributed by atoms with Gasteiger partial charge in [0.2, 0.25) is 0 Å². The van der Waals surface area contributed by atoms with Crippen LogP contribution >= 0.6 is 34.5 Å². The van der Waals surface area contributed by atoms with Crippen molar-refractivity contribution in [3.05, 3.63) is 20.3 Å². The molecule has 2 atom stereocenters. The van der Waals surface area contributed by atoms with E-state index in [-0.39, 0.29) is 6.04 Å². The molecular weight excluding hydrogens is 277 g/mol. The van der Waals surface area contributed by atoms with Crippen LogP contribution in [0.25, 0.3) is 0 Å². The first kappa shape index (κ1) is 13.6. The van der Waals surface area contributed by atoms with Gasteiger partial charge in [0.05, 0.1) is 15.3 Å². The first-order valence-corrected chi connectivity index (χ1v) is 7.55. The van der Waals surface area contributed by atoms with Crippen molar-refractivity contribution >= 4 is 34.5 Å². The van der Waals surface area contributed by atoms with Crippen LogP contribution in [-0.4, -0.2) is 19.8 Å². The number of hydrogen-bond acceptors (Lipinski definition) is 3. The van der Waals surface area contributed by atoms with Crippen molar-refractivity contribution in [3.8, 4) is 0 Å². The lowest BCUT2D eigenvalue weighted by Gasteiger charge is -2.23. The molecule has 5 heteroatoms. The molecule has 0 spiro atoms. The van der Waals surface area contributed by atoms with E-state index in [2.05, 4.69) is 12.2 Å². The Labute approximate surface area is 116 Å². The zero-order chi connectivity index (χ0) is 12.3. The fourth-order valence-corrected chi connectivity index (χ4v) is 3.76. The first-order chi connectivity index (χ1) is 8.22. The van der Waals surface area contributed by atoms with E-state index in [0.29, 0.717) is 5.92 Å². The van der Waals surface area contributed by atoms with Crippen molar-refractivity contribution in [3.63, 3.8) is 0 Å². The first-order valence-electron chi connectivity index (χ1n) is 5.98. The molecule has 96 valence electrons. The van der Waals surface area contributed by atoms with Gasteiger partial charge in [0, 0.05) is 24.1 Å². The van der Waals surface area contributed by atoms with Crippen LogP contribution < -0.4 is 5.32 Å². The molecular formula is C12H17Cl2NOS. The Bertz CT molecular complexity index is 363. The Morgan fingerprint density at radius 1 is 1.59 bits per heavy atom. The molecule has 1 aromatic rings. The molecule has 2 nitrogen and oxygen atoms in total. The van der Waals surface area contributed by atoms with E-state index in [1.807, 2.05) is 6.07 Å². The summed E-state index contributed by atoms with van der Waals surface area (Å²) in [7, 11) is 0. The van der Waals surface area contributed by atoms with Crippen LogP contribution in [0.3, 0.4) is 0 Å². The normalized spacial score (nSPS) is 21.9. The third-order valence-corrected chi connectivity index (χ3v) is 4.59. The molecule has 1 aliphatic rings. The second-order valence-corrected chi connectivity index (χ2v) is 6.62. The predicted octanol–water partition coefficient (Wildman–Crippen LogP) is 4.13. The Kier molecular flexibility index (Phi) is 5.12. The van der Waals surface area contributed by atoms with Crippen LogP contribution in [0.5, 0.6) is 0 Å². The van der Waals surface area contributed by atoms with Crippen molar-refractivity contribution in [2.75, 3.05) is 19.8 Å². The Morgan fingerprint density at radius 3 is 2.94 bits per heavy atom. The molecule has 0 amide bonds. The minimum atomic E-state index is 0.272. The highest BCUT2D eigenvalue weighted by Gasteiger charge is 2.29. The summed E-state index contributed by atoms with van der Waals surface area (Å²) >= 11 is 13.7. The highest BCUT2D eigenvalue weighted by atomic mass is 35.5. The summed E-state index contributed by atoms with van der Waals surface area (Å²) in [5, 5.41) is 3.57. The molecule has 1 N–H and O–H groups in total. The van der Waals surface area contributed by atoms with Crippen molar-refractivity contribution in [1.29, 1.82) is 0 Å². The second-order valence-electron chi connectivity index (χ2n) is 4.34. The smallest absolute Gasteiger partial charge is 0.0992 e. The van der Waals surface area contributed by atoms with Crippen LogP contribution in [0.4, 0.5) is 0 Å². The highest BCUT2D eigenvalue weighted by Crippen LogP contribution is 2.39. The SMILES string of the molecule is CCCNC(c1cc(Cl)sc1Cl)C1CCOC1. The molecule has 0 bridgehead atoms. The maximum atomic E-state index is 6.25. The monoisotopic (exact) mass is 293 g/mol. The third-order valence-electron chi connectivity index (χ3n) is 3.07. The van der Waals surface area contributed by atoms with Gasteiger partial charge < -0.3 is 10.1 Å². The number of rotatable bonds is 5. The van der Waals surface area contributed by atoms with Crippen molar-refractivity contribution < 1.29 is 4.74 Å². The highest BCUT2D eigenvalue weighted by molar-refractivity contribution is 7.20. The molecule has 1 aromatic heterocycles. The fourth-order valence-electron chi connectivity index (χ4n) is 2.21. The predicted molar refractivity (Wildman–Crippen MR) is 74.3 cm³/mol. The van der Waals surface area contributed by atoms with Gasteiger partial charge in [-0.05, 0) is 25.5 Å². The van der Waals surface area contributed by atoms with E-state index in [9.17, 15) is 0 Å². The van der Waals surface area contributed by atoms with E-state index in [4.69, 9.17) is 27.9 Å². The van der Waals surface area contributed by atoms with Crippen LogP contribution in [0, 0.1) is 5.92 Å². The lowest BCUT2D eigenvalue weighted by molar-refractivity contribution is 0.177. The van der Waals surface area contributed by atoms with E-state index in [0.717, 1.165) is 46.8 Å². The van der Waals surface area contributed by atoms with Gasteiger partial charge in [-0.1, -0.05) is 30.1 Å². The van der Waals surface area contributed by atoms with Gasteiger partial charge in [-0.3, -0.25) is 0 Å². The lowest BCUT2D eigenvalue weighted by atomic mass is 9.94. The summed E-state index contributed by atoms with van der Waals surface area (Å²) in [4.78, 5) is 0.